The smallest absolute Gasteiger partial charge is 0.338 e. The molecule has 0 aliphatic carbocycles. The molecule has 0 radical (unpaired) electrons. The molecule has 0 spiro atoms. The van der Waals surface area contributed by atoms with Crippen molar-refractivity contribution in [3.63, 3.8) is 0 Å². The van der Waals surface area contributed by atoms with E-state index >= 15 is 0 Å². The van der Waals surface area contributed by atoms with Crippen LogP contribution in [0.2, 0.25) is 0 Å². The maximum atomic E-state index is 11.5. The molecule has 136 valence electrons. The highest BCUT2D eigenvalue weighted by Gasteiger charge is 2.37. The standard InChI is InChI=1S/C17H20O8/c1-5-8-16(21)25-12-17(9-22-13(4)18,10-23-14(19)6-2)11-24-15(20)7-3/h6-8H,1-3,9-12H2,4H3. The van der Waals surface area contributed by atoms with Crippen molar-refractivity contribution in [2.45, 2.75) is 6.92 Å². The average Bonchev–Trinajstić information content (AvgIpc) is 2.59. The van der Waals surface area contributed by atoms with Gasteiger partial charge >= 0.3 is 23.9 Å². The van der Waals surface area contributed by atoms with E-state index in [1.54, 1.807) is 0 Å². The third-order valence-corrected chi connectivity index (χ3v) is 2.70. The van der Waals surface area contributed by atoms with Gasteiger partial charge in [-0.2, -0.15) is 0 Å². The quantitative estimate of drug-likeness (QED) is 0.233. The third kappa shape index (κ3) is 9.58. The van der Waals surface area contributed by atoms with Gasteiger partial charge < -0.3 is 18.9 Å². The molecule has 0 bridgehead atoms. The fourth-order valence-electron chi connectivity index (χ4n) is 1.42. The number of hydrogen-bond donors (Lipinski definition) is 0. The molecular formula is C17H20O8. The molecule has 0 aliphatic heterocycles. The molecule has 0 saturated heterocycles. The molecule has 25 heavy (non-hydrogen) atoms. The van der Waals surface area contributed by atoms with E-state index in [0.29, 0.717) is 0 Å². The second kappa shape index (κ2) is 11.4. The Balaban J connectivity index is 5.35. The first-order chi connectivity index (χ1) is 11.8. The summed E-state index contributed by atoms with van der Waals surface area (Å²) in [6.45, 7) is 9.50. The lowest BCUT2D eigenvalue weighted by Gasteiger charge is -2.30. The van der Waals surface area contributed by atoms with Crippen molar-refractivity contribution < 1.29 is 38.1 Å². The topological polar surface area (TPSA) is 105 Å². The van der Waals surface area contributed by atoms with Gasteiger partial charge in [0.25, 0.3) is 0 Å². The molecule has 0 amide bonds. The summed E-state index contributed by atoms with van der Waals surface area (Å²) in [6, 6.07) is 0. The van der Waals surface area contributed by atoms with Gasteiger partial charge in [-0.15, -0.1) is 5.73 Å². The SMILES string of the molecule is C=C=CC(=O)OCC(COC(C)=O)(COC(=O)C=C)COC(=O)C=C. The van der Waals surface area contributed by atoms with Crippen LogP contribution in [0.3, 0.4) is 0 Å². The van der Waals surface area contributed by atoms with Crippen LogP contribution < -0.4 is 0 Å². The van der Waals surface area contributed by atoms with Gasteiger partial charge in [0.05, 0.1) is 6.08 Å². The summed E-state index contributed by atoms with van der Waals surface area (Å²) >= 11 is 0. The molecule has 0 fully saturated rings. The highest BCUT2D eigenvalue weighted by atomic mass is 16.6. The minimum Gasteiger partial charge on any atom is -0.465 e. The van der Waals surface area contributed by atoms with Gasteiger partial charge in [-0.05, 0) is 0 Å². The Hall–Kier alpha value is -3.12. The molecule has 0 heterocycles. The van der Waals surface area contributed by atoms with E-state index in [-0.39, 0.29) is 26.4 Å². The second-order valence-corrected chi connectivity index (χ2v) is 4.86. The summed E-state index contributed by atoms with van der Waals surface area (Å²) in [6.07, 6.45) is 2.81. The number of hydrogen-bond acceptors (Lipinski definition) is 8. The first-order valence-electron chi connectivity index (χ1n) is 7.03. The summed E-state index contributed by atoms with van der Waals surface area (Å²) < 4.78 is 19.8. The van der Waals surface area contributed by atoms with Gasteiger partial charge in [0.1, 0.15) is 31.8 Å². The fraction of sp³-hybridized carbons (Fsp3) is 0.353. The van der Waals surface area contributed by atoms with Crippen LogP contribution in [-0.2, 0) is 38.1 Å². The molecular weight excluding hydrogens is 332 g/mol. The largest absolute Gasteiger partial charge is 0.465 e. The monoisotopic (exact) mass is 352 g/mol. The molecule has 0 atom stereocenters. The zero-order valence-electron chi connectivity index (χ0n) is 13.9. The molecule has 0 aliphatic rings. The zero-order valence-corrected chi connectivity index (χ0v) is 13.9. The Labute approximate surface area is 145 Å². The zero-order chi connectivity index (χ0) is 19.3. The summed E-state index contributed by atoms with van der Waals surface area (Å²) in [5, 5.41) is 0. The van der Waals surface area contributed by atoms with Crippen LogP contribution in [0, 0.1) is 5.41 Å². The van der Waals surface area contributed by atoms with E-state index in [1.807, 2.05) is 0 Å². The lowest BCUT2D eigenvalue weighted by Crippen LogP contribution is -2.43. The normalized spacial score (nSPS) is 9.80. The predicted octanol–water partition coefficient (Wildman–Crippen LogP) is 0.879. The Morgan fingerprint density at radius 1 is 0.840 bits per heavy atom. The number of esters is 4. The molecule has 0 unspecified atom stereocenters. The van der Waals surface area contributed by atoms with E-state index in [0.717, 1.165) is 18.2 Å². The first kappa shape index (κ1) is 21.9. The van der Waals surface area contributed by atoms with Crippen molar-refractivity contribution >= 4 is 23.9 Å². The molecule has 8 heteroatoms. The highest BCUT2D eigenvalue weighted by Crippen LogP contribution is 2.21. The van der Waals surface area contributed by atoms with Crippen LogP contribution in [-0.4, -0.2) is 50.3 Å². The van der Waals surface area contributed by atoms with Crippen LogP contribution in [0.5, 0.6) is 0 Å². The van der Waals surface area contributed by atoms with Crippen LogP contribution in [0.1, 0.15) is 6.92 Å². The molecule has 8 nitrogen and oxygen atoms in total. The Kier molecular flexibility index (Phi) is 10.00. The fourth-order valence-corrected chi connectivity index (χ4v) is 1.42. The van der Waals surface area contributed by atoms with E-state index in [1.165, 1.54) is 6.92 Å². The summed E-state index contributed by atoms with van der Waals surface area (Å²) in [4.78, 5) is 45.3. The minimum absolute atomic E-state index is 0.331. The maximum absolute atomic E-state index is 11.5. The summed E-state index contributed by atoms with van der Waals surface area (Å²) in [7, 11) is 0. The maximum Gasteiger partial charge on any atom is 0.338 e. The molecule has 0 aromatic carbocycles. The molecule has 0 saturated carbocycles. The van der Waals surface area contributed by atoms with Gasteiger partial charge in [-0.25, -0.2) is 14.4 Å². The van der Waals surface area contributed by atoms with Gasteiger partial charge in [0.2, 0.25) is 0 Å². The Morgan fingerprint density at radius 3 is 1.60 bits per heavy atom. The predicted molar refractivity (Wildman–Crippen MR) is 86.0 cm³/mol. The lowest BCUT2D eigenvalue weighted by molar-refractivity contribution is -0.165. The number of carbonyl (C=O) groups excluding carboxylic acids is 4. The van der Waals surface area contributed by atoms with Crippen LogP contribution in [0.4, 0.5) is 0 Å². The number of rotatable bonds is 11. The average molecular weight is 352 g/mol. The lowest BCUT2D eigenvalue weighted by atomic mass is 9.92. The Morgan fingerprint density at radius 2 is 1.24 bits per heavy atom. The van der Waals surface area contributed by atoms with E-state index in [4.69, 9.17) is 18.9 Å². The first-order valence-corrected chi connectivity index (χ1v) is 7.03. The summed E-state index contributed by atoms with van der Waals surface area (Å²) in [5.41, 5.74) is 0.929. The minimum atomic E-state index is -1.31. The van der Waals surface area contributed by atoms with Crippen LogP contribution in [0.25, 0.3) is 0 Å². The van der Waals surface area contributed by atoms with Gasteiger partial charge in [-0.1, -0.05) is 19.7 Å². The molecule has 0 rings (SSSR count). The number of ether oxygens (including phenoxy) is 4. The van der Waals surface area contributed by atoms with Crippen LogP contribution >= 0.6 is 0 Å². The van der Waals surface area contributed by atoms with Crippen molar-refractivity contribution in [1.82, 2.24) is 0 Å². The highest BCUT2D eigenvalue weighted by molar-refractivity contribution is 5.82. The van der Waals surface area contributed by atoms with E-state index < -0.39 is 29.3 Å². The Bertz CT molecular complexity index is 559. The summed E-state index contributed by atoms with van der Waals surface area (Å²) in [5.74, 6) is -2.89. The van der Waals surface area contributed by atoms with Crippen molar-refractivity contribution in [3.05, 3.63) is 43.7 Å². The van der Waals surface area contributed by atoms with Crippen molar-refractivity contribution in [1.29, 1.82) is 0 Å². The van der Waals surface area contributed by atoms with E-state index in [2.05, 4.69) is 25.5 Å². The van der Waals surface area contributed by atoms with Crippen LogP contribution in [0.15, 0.2) is 43.7 Å². The van der Waals surface area contributed by atoms with Gasteiger partial charge in [0.15, 0.2) is 0 Å². The second-order valence-electron chi connectivity index (χ2n) is 4.86. The molecule has 0 N–H and O–H groups in total. The molecule has 0 aromatic rings. The third-order valence-electron chi connectivity index (χ3n) is 2.70. The van der Waals surface area contributed by atoms with E-state index in [9.17, 15) is 19.2 Å². The number of carbonyl (C=O) groups is 4. The molecule has 0 aromatic heterocycles. The van der Waals surface area contributed by atoms with Crippen molar-refractivity contribution in [2.24, 2.45) is 5.41 Å². The van der Waals surface area contributed by atoms with Crippen molar-refractivity contribution in [2.75, 3.05) is 26.4 Å². The van der Waals surface area contributed by atoms with Crippen molar-refractivity contribution in [3.8, 4) is 0 Å². The van der Waals surface area contributed by atoms with Gasteiger partial charge in [-0.3, -0.25) is 4.79 Å². The van der Waals surface area contributed by atoms with Gasteiger partial charge in [0, 0.05) is 19.1 Å².